The second kappa shape index (κ2) is 6.51. The lowest BCUT2D eigenvalue weighted by atomic mass is 9.94. The second-order valence-corrected chi connectivity index (χ2v) is 7.91. The van der Waals surface area contributed by atoms with Crippen molar-refractivity contribution in [3.63, 3.8) is 0 Å². The summed E-state index contributed by atoms with van der Waals surface area (Å²) in [5.41, 5.74) is 1.28. The van der Waals surface area contributed by atoms with Crippen LogP contribution in [0, 0.1) is 12.8 Å². The summed E-state index contributed by atoms with van der Waals surface area (Å²) in [7, 11) is 0. The quantitative estimate of drug-likeness (QED) is 0.792. The number of aromatic nitrogens is 1. The minimum Gasteiger partial charge on any atom is -0.315 e. The highest BCUT2D eigenvalue weighted by atomic mass is 19.4. The second-order valence-electron chi connectivity index (χ2n) is 7.91. The third kappa shape index (κ3) is 3.43. The first-order valence-electron chi connectivity index (χ1n) is 9.36. The molecule has 1 saturated heterocycles. The number of benzene rings is 1. The van der Waals surface area contributed by atoms with E-state index in [1.807, 2.05) is 25.3 Å². The number of pyridine rings is 1. The maximum atomic E-state index is 12.8. The number of hydrogen-bond acceptors (Lipinski definition) is 2. The van der Waals surface area contributed by atoms with Gasteiger partial charge in [0.1, 0.15) is 0 Å². The average Bonchev–Trinajstić information content (AvgIpc) is 3.20. The summed E-state index contributed by atoms with van der Waals surface area (Å²) in [6.07, 6.45) is -0.513. The molecule has 144 valence electrons. The fourth-order valence-corrected chi connectivity index (χ4v) is 4.49. The molecule has 3 nitrogen and oxygen atoms in total. The molecule has 2 fully saturated rings. The van der Waals surface area contributed by atoms with Crippen LogP contribution in [0.1, 0.15) is 29.5 Å². The number of hydrogen-bond donors (Lipinski definition) is 0. The van der Waals surface area contributed by atoms with Crippen molar-refractivity contribution in [2.75, 3.05) is 19.6 Å². The van der Waals surface area contributed by atoms with Crippen LogP contribution in [0.25, 0.3) is 0 Å². The van der Waals surface area contributed by atoms with Gasteiger partial charge in [-0.3, -0.25) is 4.79 Å². The van der Waals surface area contributed by atoms with Crippen molar-refractivity contribution in [1.29, 1.82) is 0 Å². The highest BCUT2D eigenvalue weighted by Gasteiger charge is 2.60. The van der Waals surface area contributed by atoms with Crippen molar-refractivity contribution in [3.05, 3.63) is 69.6 Å². The van der Waals surface area contributed by atoms with E-state index in [0.29, 0.717) is 12.5 Å². The van der Waals surface area contributed by atoms with Gasteiger partial charge in [-0.15, -0.1) is 0 Å². The molecule has 27 heavy (non-hydrogen) atoms. The zero-order valence-corrected chi connectivity index (χ0v) is 15.3. The summed E-state index contributed by atoms with van der Waals surface area (Å²) in [5, 5.41) is 0. The largest absolute Gasteiger partial charge is 0.416 e. The van der Waals surface area contributed by atoms with Gasteiger partial charge in [0.15, 0.2) is 0 Å². The lowest BCUT2D eigenvalue weighted by Gasteiger charge is -2.21. The summed E-state index contributed by atoms with van der Waals surface area (Å²) in [4.78, 5) is 14.4. The number of alkyl halides is 3. The molecular weight excluding hydrogens is 353 g/mol. The van der Waals surface area contributed by atoms with Gasteiger partial charge in [-0.1, -0.05) is 18.2 Å². The van der Waals surface area contributed by atoms with E-state index >= 15 is 0 Å². The van der Waals surface area contributed by atoms with Crippen LogP contribution in [0.2, 0.25) is 0 Å². The van der Waals surface area contributed by atoms with Crippen molar-refractivity contribution in [2.24, 2.45) is 5.92 Å². The number of piperidine rings is 1. The van der Waals surface area contributed by atoms with E-state index in [0.717, 1.165) is 43.6 Å². The number of aryl methyl sites for hydroxylation is 2. The molecule has 0 unspecified atom stereocenters. The summed E-state index contributed by atoms with van der Waals surface area (Å²) >= 11 is 0. The maximum Gasteiger partial charge on any atom is 0.416 e. The third-order valence-electron chi connectivity index (χ3n) is 6.09. The Morgan fingerprint density at radius 3 is 2.59 bits per heavy atom. The van der Waals surface area contributed by atoms with Crippen LogP contribution in [-0.2, 0) is 18.1 Å². The maximum absolute atomic E-state index is 12.8. The molecule has 1 aromatic carbocycles. The van der Waals surface area contributed by atoms with Gasteiger partial charge in [0, 0.05) is 36.8 Å². The van der Waals surface area contributed by atoms with Crippen LogP contribution in [0.4, 0.5) is 13.2 Å². The first-order chi connectivity index (χ1) is 12.8. The number of nitrogens with zero attached hydrogens (tertiary/aromatic N) is 2. The molecule has 6 heteroatoms. The summed E-state index contributed by atoms with van der Waals surface area (Å²) in [6.45, 7) is 5.30. The molecule has 2 heterocycles. The lowest BCUT2D eigenvalue weighted by Crippen LogP contribution is -2.29. The van der Waals surface area contributed by atoms with E-state index in [-0.39, 0.29) is 11.0 Å². The Labute approximate surface area is 156 Å². The van der Waals surface area contributed by atoms with Gasteiger partial charge in [-0.05, 0) is 56.0 Å². The number of fused-ring (bicyclic) bond motifs is 1. The van der Waals surface area contributed by atoms with Crippen LogP contribution < -0.4 is 5.56 Å². The Balaban J connectivity index is 1.35. The first kappa shape index (κ1) is 18.3. The number of halogens is 3. The van der Waals surface area contributed by atoms with Crippen molar-refractivity contribution >= 4 is 0 Å². The van der Waals surface area contributed by atoms with Gasteiger partial charge in [0.2, 0.25) is 0 Å². The Bertz CT molecular complexity index is 888. The zero-order chi connectivity index (χ0) is 19.2. The van der Waals surface area contributed by atoms with E-state index in [1.54, 1.807) is 16.7 Å². The predicted octanol–water partition coefficient (Wildman–Crippen LogP) is 3.84. The Morgan fingerprint density at radius 2 is 1.89 bits per heavy atom. The van der Waals surface area contributed by atoms with Crippen LogP contribution in [0.15, 0.2) is 47.4 Å². The SMILES string of the molecule is Cc1cccn(CCCN2C[C@@H]3C[C@]3(c3ccc(C(F)(F)F)cc3)C2)c1=O. The summed E-state index contributed by atoms with van der Waals surface area (Å²) < 4.78 is 40.0. The van der Waals surface area contributed by atoms with E-state index < -0.39 is 11.7 Å². The van der Waals surface area contributed by atoms with Crippen molar-refractivity contribution in [1.82, 2.24) is 9.47 Å². The highest BCUT2D eigenvalue weighted by Crippen LogP contribution is 2.59. The molecule has 1 aliphatic heterocycles. The molecule has 1 aromatic heterocycles. The molecule has 0 radical (unpaired) electrons. The minimum absolute atomic E-state index is 0.0320. The van der Waals surface area contributed by atoms with Crippen LogP contribution in [0.3, 0.4) is 0 Å². The van der Waals surface area contributed by atoms with Gasteiger partial charge in [-0.25, -0.2) is 0 Å². The number of rotatable bonds is 5. The lowest BCUT2D eigenvalue weighted by molar-refractivity contribution is -0.137. The van der Waals surface area contributed by atoms with Gasteiger partial charge < -0.3 is 9.47 Å². The van der Waals surface area contributed by atoms with Crippen molar-refractivity contribution in [3.8, 4) is 0 Å². The first-order valence-corrected chi connectivity index (χ1v) is 9.36. The van der Waals surface area contributed by atoms with E-state index in [4.69, 9.17) is 0 Å². The summed E-state index contributed by atoms with van der Waals surface area (Å²) in [6, 6.07) is 9.41. The molecule has 2 atom stereocenters. The highest BCUT2D eigenvalue weighted by molar-refractivity contribution is 5.39. The van der Waals surface area contributed by atoms with Crippen LogP contribution >= 0.6 is 0 Å². The average molecular weight is 376 g/mol. The van der Waals surface area contributed by atoms with Crippen LogP contribution in [-0.4, -0.2) is 29.1 Å². The molecule has 0 amide bonds. The van der Waals surface area contributed by atoms with Crippen molar-refractivity contribution < 1.29 is 13.2 Å². The monoisotopic (exact) mass is 376 g/mol. The molecule has 4 rings (SSSR count). The Kier molecular flexibility index (Phi) is 4.41. The molecule has 2 aromatic rings. The van der Waals surface area contributed by atoms with Gasteiger partial charge in [-0.2, -0.15) is 13.2 Å². The third-order valence-corrected chi connectivity index (χ3v) is 6.09. The van der Waals surface area contributed by atoms with Crippen LogP contribution in [0.5, 0.6) is 0 Å². The number of likely N-dealkylation sites (tertiary alicyclic amines) is 1. The Morgan fingerprint density at radius 1 is 1.15 bits per heavy atom. The van der Waals surface area contributed by atoms with Crippen molar-refractivity contribution in [2.45, 2.75) is 37.9 Å². The molecule has 0 bridgehead atoms. The Hall–Kier alpha value is -2.08. The molecule has 1 saturated carbocycles. The van der Waals surface area contributed by atoms with E-state index in [2.05, 4.69) is 4.90 Å². The fourth-order valence-electron chi connectivity index (χ4n) is 4.49. The van der Waals surface area contributed by atoms with Gasteiger partial charge >= 0.3 is 6.18 Å². The molecule has 2 aliphatic rings. The smallest absolute Gasteiger partial charge is 0.315 e. The van der Waals surface area contributed by atoms with E-state index in [9.17, 15) is 18.0 Å². The zero-order valence-electron chi connectivity index (χ0n) is 15.3. The fraction of sp³-hybridized carbons (Fsp3) is 0.476. The molecule has 0 N–H and O–H groups in total. The minimum atomic E-state index is -4.28. The van der Waals surface area contributed by atoms with E-state index in [1.165, 1.54) is 12.1 Å². The predicted molar refractivity (Wildman–Crippen MR) is 97.7 cm³/mol. The van der Waals surface area contributed by atoms with Gasteiger partial charge in [0.25, 0.3) is 5.56 Å². The standard InChI is InChI=1S/C21H23F3N2O/c1-15-4-2-10-26(19(15)27)11-3-9-25-13-18-12-20(18,14-25)16-5-7-17(8-6-16)21(22,23)24/h2,4-8,10,18H,3,9,11-14H2,1H3/t18-,20+/m0/s1. The van der Waals surface area contributed by atoms with Gasteiger partial charge in [0.05, 0.1) is 5.56 Å². The topological polar surface area (TPSA) is 25.2 Å². The molecule has 0 spiro atoms. The molecular formula is C21H23F3N2O. The normalized spacial score (nSPS) is 24.8. The molecule has 1 aliphatic carbocycles. The summed E-state index contributed by atoms with van der Waals surface area (Å²) in [5.74, 6) is 0.538.